The van der Waals surface area contributed by atoms with Crippen molar-refractivity contribution in [3.63, 3.8) is 0 Å². The first-order valence-corrected chi connectivity index (χ1v) is 6.60. The van der Waals surface area contributed by atoms with Gasteiger partial charge in [-0.05, 0) is 31.5 Å². The minimum Gasteiger partial charge on any atom is -0.480 e. The van der Waals surface area contributed by atoms with Gasteiger partial charge in [0.15, 0.2) is 0 Å². The van der Waals surface area contributed by atoms with Gasteiger partial charge in [0.25, 0.3) is 0 Å². The summed E-state index contributed by atoms with van der Waals surface area (Å²) in [7, 11) is 0. The van der Waals surface area contributed by atoms with E-state index in [1.165, 1.54) is 6.07 Å². The van der Waals surface area contributed by atoms with Gasteiger partial charge in [0.05, 0.1) is 0 Å². The molecule has 1 unspecified atom stereocenters. The smallest absolute Gasteiger partial charge is 0.323 e. The van der Waals surface area contributed by atoms with Gasteiger partial charge in [0.2, 0.25) is 0 Å². The molecule has 5 heteroatoms. The Hall–Kier alpha value is -0.940. The molecule has 0 amide bonds. The summed E-state index contributed by atoms with van der Waals surface area (Å²) >= 11 is 3.27. The maximum Gasteiger partial charge on any atom is 0.323 e. The summed E-state index contributed by atoms with van der Waals surface area (Å²) in [6, 6.07) is 4.62. The fourth-order valence-electron chi connectivity index (χ4n) is 1.74. The Balaban J connectivity index is 2.79. The van der Waals surface area contributed by atoms with E-state index in [0.29, 0.717) is 12.0 Å². The molecule has 0 radical (unpaired) electrons. The van der Waals surface area contributed by atoms with E-state index in [1.807, 2.05) is 6.92 Å². The predicted octanol–water partition coefficient (Wildman–Crippen LogP) is 3.32. The molecule has 0 fully saturated rings. The van der Waals surface area contributed by atoms with Crippen LogP contribution in [-0.4, -0.2) is 16.6 Å². The van der Waals surface area contributed by atoms with Crippen LogP contribution in [-0.2, 0) is 11.3 Å². The number of aliphatic carboxylic acids is 1. The monoisotopic (exact) mass is 317 g/mol. The van der Waals surface area contributed by atoms with Crippen LogP contribution in [0.25, 0.3) is 0 Å². The average Bonchev–Trinajstić information content (AvgIpc) is 2.30. The lowest BCUT2D eigenvalue weighted by Crippen LogP contribution is -2.49. The van der Waals surface area contributed by atoms with E-state index < -0.39 is 11.5 Å². The van der Waals surface area contributed by atoms with Crippen LogP contribution in [0.2, 0.25) is 0 Å². The van der Waals surface area contributed by atoms with Gasteiger partial charge in [0, 0.05) is 16.6 Å². The molecule has 0 saturated heterocycles. The molecule has 2 N–H and O–H groups in total. The zero-order valence-corrected chi connectivity index (χ0v) is 12.1. The summed E-state index contributed by atoms with van der Waals surface area (Å²) in [5.41, 5.74) is -0.572. The Labute approximate surface area is 115 Å². The van der Waals surface area contributed by atoms with Crippen LogP contribution in [0.1, 0.15) is 32.3 Å². The number of carbonyl (C=O) groups is 1. The summed E-state index contributed by atoms with van der Waals surface area (Å²) in [5, 5.41) is 12.1. The number of nitrogens with one attached hydrogen (secondary N) is 1. The maximum atomic E-state index is 13.5. The number of hydrogen-bond donors (Lipinski definition) is 2. The fraction of sp³-hybridized carbons (Fsp3) is 0.462. The Bertz CT molecular complexity index is 439. The summed E-state index contributed by atoms with van der Waals surface area (Å²) in [6.45, 7) is 3.73. The molecule has 0 bridgehead atoms. The van der Waals surface area contributed by atoms with Crippen LogP contribution < -0.4 is 5.32 Å². The van der Waals surface area contributed by atoms with E-state index in [9.17, 15) is 14.3 Å². The number of carboxylic acid groups (broad SMARTS) is 1. The van der Waals surface area contributed by atoms with Gasteiger partial charge in [-0.25, -0.2) is 4.39 Å². The number of rotatable bonds is 6. The topological polar surface area (TPSA) is 49.3 Å². The zero-order chi connectivity index (χ0) is 13.8. The first kappa shape index (κ1) is 15.1. The van der Waals surface area contributed by atoms with Crippen molar-refractivity contribution in [2.75, 3.05) is 0 Å². The number of hydrogen-bond acceptors (Lipinski definition) is 2. The highest BCUT2D eigenvalue weighted by Crippen LogP contribution is 2.18. The van der Waals surface area contributed by atoms with Gasteiger partial charge in [-0.3, -0.25) is 10.1 Å². The molecule has 0 aromatic heterocycles. The van der Waals surface area contributed by atoms with E-state index in [4.69, 9.17) is 0 Å². The minimum absolute atomic E-state index is 0.189. The molecule has 0 spiro atoms. The fourth-order valence-corrected chi connectivity index (χ4v) is 2.15. The van der Waals surface area contributed by atoms with Crippen LogP contribution in [0.3, 0.4) is 0 Å². The standard InChI is InChI=1S/C13H17BrFNO2/c1-3-6-13(2,12(17)18)16-8-9-7-10(14)4-5-11(9)15/h4-5,7,16H,3,6,8H2,1-2H3,(H,17,18). The lowest BCUT2D eigenvalue weighted by Gasteiger charge is -2.26. The zero-order valence-electron chi connectivity index (χ0n) is 10.5. The third-order valence-corrected chi connectivity index (χ3v) is 3.39. The van der Waals surface area contributed by atoms with Crippen molar-refractivity contribution in [2.45, 2.75) is 38.8 Å². The average molecular weight is 318 g/mol. The quantitative estimate of drug-likeness (QED) is 0.846. The molecule has 0 saturated carbocycles. The van der Waals surface area contributed by atoms with Crippen molar-refractivity contribution in [1.82, 2.24) is 5.32 Å². The van der Waals surface area contributed by atoms with E-state index in [2.05, 4.69) is 21.2 Å². The molecule has 100 valence electrons. The third-order valence-electron chi connectivity index (χ3n) is 2.90. The third kappa shape index (κ3) is 3.78. The Morgan fingerprint density at radius 3 is 2.78 bits per heavy atom. The maximum absolute atomic E-state index is 13.5. The van der Waals surface area contributed by atoms with Gasteiger partial charge in [0.1, 0.15) is 11.4 Å². The summed E-state index contributed by atoms with van der Waals surface area (Å²) in [4.78, 5) is 11.2. The molecule has 0 aliphatic heterocycles. The molecule has 18 heavy (non-hydrogen) atoms. The molecule has 1 rings (SSSR count). The van der Waals surface area contributed by atoms with Gasteiger partial charge in [-0.2, -0.15) is 0 Å². The van der Waals surface area contributed by atoms with Gasteiger partial charge < -0.3 is 5.11 Å². The van der Waals surface area contributed by atoms with Crippen molar-refractivity contribution in [3.05, 3.63) is 34.1 Å². The molecule has 0 aliphatic carbocycles. The largest absolute Gasteiger partial charge is 0.480 e. The first-order chi connectivity index (χ1) is 8.39. The number of carboxylic acids is 1. The highest BCUT2D eigenvalue weighted by Gasteiger charge is 2.31. The van der Waals surface area contributed by atoms with Crippen LogP contribution in [0.4, 0.5) is 4.39 Å². The SMILES string of the molecule is CCCC(C)(NCc1cc(Br)ccc1F)C(=O)O. The normalized spacial score (nSPS) is 14.2. The summed E-state index contributed by atoms with van der Waals surface area (Å²) in [6.07, 6.45) is 1.24. The Morgan fingerprint density at radius 1 is 1.56 bits per heavy atom. The van der Waals surface area contributed by atoms with Crippen molar-refractivity contribution >= 4 is 21.9 Å². The molecular weight excluding hydrogens is 301 g/mol. The van der Waals surface area contributed by atoms with Crippen molar-refractivity contribution in [1.29, 1.82) is 0 Å². The van der Waals surface area contributed by atoms with E-state index >= 15 is 0 Å². The number of benzene rings is 1. The van der Waals surface area contributed by atoms with E-state index in [-0.39, 0.29) is 12.4 Å². The Morgan fingerprint density at radius 2 is 2.22 bits per heavy atom. The first-order valence-electron chi connectivity index (χ1n) is 5.81. The highest BCUT2D eigenvalue weighted by atomic mass is 79.9. The lowest BCUT2D eigenvalue weighted by molar-refractivity contribution is -0.144. The second kappa shape index (κ2) is 6.29. The summed E-state index contributed by atoms with van der Waals surface area (Å²) in [5.74, 6) is -1.25. The molecule has 1 aromatic carbocycles. The van der Waals surface area contributed by atoms with E-state index in [1.54, 1.807) is 19.1 Å². The molecule has 1 atom stereocenters. The molecule has 0 heterocycles. The van der Waals surface area contributed by atoms with Crippen LogP contribution >= 0.6 is 15.9 Å². The molecule has 3 nitrogen and oxygen atoms in total. The molecule has 1 aromatic rings. The van der Waals surface area contributed by atoms with Crippen molar-refractivity contribution in [2.24, 2.45) is 0 Å². The van der Waals surface area contributed by atoms with Crippen molar-refractivity contribution < 1.29 is 14.3 Å². The number of halogens is 2. The summed E-state index contributed by atoms with van der Waals surface area (Å²) < 4.78 is 14.3. The van der Waals surface area contributed by atoms with Crippen LogP contribution in [0, 0.1) is 5.82 Å². The predicted molar refractivity (Wildman–Crippen MR) is 71.9 cm³/mol. The van der Waals surface area contributed by atoms with Crippen molar-refractivity contribution in [3.8, 4) is 0 Å². The van der Waals surface area contributed by atoms with Gasteiger partial charge in [-0.15, -0.1) is 0 Å². The van der Waals surface area contributed by atoms with Gasteiger partial charge in [-0.1, -0.05) is 29.3 Å². The molecular formula is C13H17BrFNO2. The van der Waals surface area contributed by atoms with Gasteiger partial charge >= 0.3 is 5.97 Å². The van der Waals surface area contributed by atoms with Crippen LogP contribution in [0.15, 0.2) is 22.7 Å². The van der Waals surface area contributed by atoms with E-state index in [0.717, 1.165) is 10.9 Å². The molecule has 0 aliphatic rings. The lowest BCUT2D eigenvalue weighted by atomic mass is 9.96. The highest BCUT2D eigenvalue weighted by molar-refractivity contribution is 9.10. The Kier molecular flexibility index (Phi) is 5.28. The second-order valence-electron chi connectivity index (χ2n) is 4.48. The second-order valence-corrected chi connectivity index (χ2v) is 5.39. The van der Waals surface area contributed by atoms with Crippen LogP contribution in [0.5, 0.6) is 0 Å². The minimum atomic E-state index is -1.02.